The van der Waals surface area contributed by atoms with Crippen LogP contribution in [0.5, 0.6) is 0 Å². The largest absolute Gasteiger partial charge is 0.478 e. The molecule has 0 fully saturated rings. The monoisotopic (exact) mass is 242 g/mol. The fourth-order valence-corrected chi connectivity index (χ4v) is 2.45. The van der Waals surface area contributed by atoms with E-state index in [1.165, 1.54) is 11.1 Å². The molecular formula is C16H18O2. The molecule has 1 aliphatic carbocycles. The van der Waals surface area contributed by atoms with Crippen molar-refractivity contribution >= 4 is 11.5 Å². The van der Waals surface area contributed by atoms with Gasteiger partial charge in [0.05, 0.1) is 0 Å². The van der Waals surface area contributed by atoms with Gasteiger partial charge in [-0.1, -0.05) is 43.2 Å². The first-order valence-electron chi connectivity index (χ1n) is 6.35. The lowest BCUT2D eigenvalue weighted by Crippen LogP contribution is -2.10. The molecule has 0 saturated heterocycles. The average Bonchev–Trinajstić information content (AvgIpc) is 2.37. The molecule has 1 aromatic rings. The van der Waals surface area contributed by atoms with E-state index < -0.39 is 5.97 Å². The van der Waals surface area contributed by atoms with Gasteiger partial charge in [-0.3, -0.25) is 0 Å². The van der Waals surface area contributed by atoms with E-state index in [0.717, 1.165) is 24.0 Å². The second-order valence-corrected chi connectivity index (χ2v) is 4.75. The van der Waals surface area contributed by atoms with Crippen LogP contribution in [0, 0.1) is 0 Å². The maximum Gasteiger partial charge on any atom is 0.331 e. The molecule has 0 radical (unpaired) electrons. The molecule has 0 aliphatic heterocycles. The van der Waals surface area contributed by atoms with E-state index in [2.05, 4.69) is 19.9 Å². The third kappa shape index (κ3) is 2.37. The highest BCUT2D eigenvalue weighted by molar-refractivity contribution is 5.95. The van der Waals surface area contributed by atoms with Crippen LogP contribution in [-0.2, 0) is 11.2 Å². The summed E-state index contributed by atoms with van der Waals surface area (Å²) in [6, 6.07) is 8.08. The number of aliphatic carboxylic acids is 1. The highest BCUT2D eigenvalue weighted by atomic mass is 16.4. The van der Waals surface area contributed by atoms with Gasteiger partial charge in [-0.2, -0.15) is 0 Å². The first-order chi connectivity index (χ1) is 8.63. The number of benzene rings is 1. The predicted molar refractivity (Wildman–Crippen MR) is 73.4 cm³/mol. The van der Waals surface area contributed by atoms with Crippen LogP contribution in [0.4, 0.5) is 0 Å². The number of rotatable bonds is 3. The number of hydrogen-bond acceptors (Lipinski definition) is 1. The Morgan fingerprint density at radius 3 is 2.72 bits per heavy atom. The second-order valence-electron chi connectivity index (χ2n) is 4.75. The molecule has 2 rings (SSSR count). The molecule has 94 valence electrons. The van der Waals surface area contributed by atoms with Crippen molar-refractivity contribution in [2.24, 2.45) is 0 Å². The fourth-order valence-electron chi connectivity index (χ4n) is 2.45. The van der Waals surface area contributed by atoms with Crippen molar-refractivity contribution in [3.8, 4) is 0 Å². The molecule has 18 heavy (non-hydrogen) atoms. The first kappa shape index (κ1) is 12.6. The molecule has 0 aromatic heterocycles. The molecule has 0 atom stereocenters. The van der Waals surface area contributed by atoms with Gasteiger partial charge in [0.1, 0.15) is 0 Å². The summed E-state index contributed by atoms with van der Waals surface area (Å²) >= 11 is 0. The van der Waals surface area contributed by atoms with Crippen LogP contribution in [0.2, 0.25) is 0 Å². The van der Waals surface area contributed by atoms with Crippen molar-refractivity contribution in [2.45, 2.75) is 33.1 Å². The van der Waals surface area contributed by atoms with Crippen LogP contribution < -0.4 is 0 Å². The van der Waals surface area contributed by atoms with Crippen LogP contribution in [0.3, 0.4) is 0 Å². The van der Waals surface area contributed by atoms with Gasteiger partial charge in [0.25, 0.3) is 0 Å². The molecule has 1 aromatic carbocycles. The van der Waals surface area contributed by atoms with E-state index in [1.54, 1.807) is 0 Å². The van der Waals surface area contributed by atoms with E-state index in [0.29, 0.717) is 12.0 Å². The summed E-state index contributed by atoms with van der Waals surface area (Å²) in [4.78, 5) is 11.2. The third-order valence-electron chi connectivity index (χ3n) is 3.37. The number of allylic oxidation sites excluding steroid dienone is 3. The summed E-state index contributed by atoms with van der Waals surface area (Å²) in [6.07, 6.45) is 4.45. The van der Waals surface area contributed by atoms with Gasteiger partial charge in [-0.05, 0) is 36.1 Å². The Labute approximate surface area is 108 Å². The quantitative estimate of drug-likeness (QED) is 0.874. The zero-order valence-corrected chi connectivity index (χ0v) is 10.9. The smallest absolute Gasteiger partial charge is 0.331 e. The van der Waals surface area contributed by atoms with Gasteiger partial charge in [0.15, 0.2) is 0 Å². The topological polar surface area (TPSA) is 37.3 Å². The zero-order valence-electron chi connectivity index (χ0n) is 10.9. The summed E-state index contributed by atoms with van der Waals surface area (Å²) < 4.78 is 0. The Hall–Kier alpha value is -1.83. The molecule has 0 bridgehead atoms. The van der Waals surface area contributed by atoms with Crippen molar-refractivity contribution in [1.29, 1.82) is 0 Å². The first-order valence-corrected chi connectivity index (χ1v) is 6.35. The highest BCUT2D eigenvalue weighted by Crippen LogP contribution is 2.32. The van der Waals surface area contributed by atoms with Gasteiger partial charge in [-0.25, -0.2) is 4.79 Å². The lowest BCUT2D eigenvalue weighted by Gasteiger charge is -2.19. The minimum Gasteiger partial charge on any atom is -0.478 e. The molecule has 0 unspecified atom stereocenters. The maximum atomic E-state index is 11.2. The van der Waals surface area contributed by atoms with Crippen LogP contribution >= 0.6 is 0 Å². The Bertz CT molecular complexity index is 536. The van der Waals surface area contributed by atoms with Gasteiger partial charge < -0.3 is 5.11 Å². The molecule has 0 spiro atoms. The summed E-state index contributed by atoms with van der Waals surface area (Å²) in [5, 5.41) is 9.20. The molecule has 0 heterocycles. The highest BCUT2D eigenvalue weighted by Gasteiger charge is 2.19. The third-order valence-corrected chi connectivity index (χ3v) is 3.37. The summed E-state index contributed by atoms with van der Waals surface area (Å²) in [6.45, 7) is 4.23. The van der Waals surface area contributed by atoms with Crippen LogP contribution in [-0.4, -0.2) is 11.1 Å². The van der Waals surface area contributed by atoms with E-state index in [9.17, 15) is 9.90 Å². The number of carbonyl (C=O) groups is 1. The SMILES string of the molecule is CCCC(C)=C1C=C(C(=O)O)Cc2ccccc21. The zero-order chi connectivity index (χ0) is 13.1. The Morgan fingerprint density at radius 2 is 2.06 bits per heavy atom. The van der Waals surface area contributed by atoms with Gasteiger partial charge in [0.2, 0.25) is 0 Å². The summed E-state index contributed by atoms with van der Waals surface area (Å²) in [5.74, 6) is -0.814. The van der Waals surface area contributed by atoms with Crippen LogP contribution in [0.1, 0.15) is 37.8 Å². The molecule has 1 aliphatic rings. The van der Waals surface area contributed by atoms with E-state index in [-0.39, 0.29) is 0 Å². The van der Waals surface area contributed by atoms with E-state index in [4.69, 9.17) is 0 Å². The Kier molecular flexibility index (Phi) is 3.66. The number of fused-ring (bicyclic) bond motifs is 1. The lowest BCUT2D eigenvalue weighted by molar-refractivity contribution is -0.132. The average molecular weight is 242 g/mol. The molecule has 1 N–H and O–H groups in total. The second kappa shape index (κ2) is 5.21. The van der Waals surface area contributed by atoms with Crippen molar-refractivity contribution in [2.75, 3.05) is 0 Å². The Balaban J connectivity index is 2.56. The van der Waals surface area contributed by atoms with Crippen molar-refractivity contribution in [1.82, 2.24) is 0 Å². The minimum atomic E-state index is -0.814. The van der Waals surface area contributed by atoms with Crippen LogP contribution in [0.15, 0.2) is 41.5 Å². The standard InChI is InChI=1S/C16H18O2/c1-3-6-11(2)15-10-13(16(17)18)9-12-7-4-5-8-14(12)15/h4-5,7-8,10H,3,6,9H2,1-2H3,(H,17,18). The predicted octanol–water partition coefficient (Wildman–Crippen LogP) is 3.83. The summed E-state index contributed by atoms with van der Waals surface area (Å²) in [5.41, 5.74) is 5.15. The lowest BCUT2D eigenvalue weighted by atomic mass is 9.85. The normalized spacial score (nSPS) is 16.9. The van der Waals surface area contributed by atoms with E-state index >= 15 is 0 Å². The summed E-state index contributed by atoms with van der Waals surface area (Å²) in [7, 11) is 0. The van der Waals surface area contributed by atoms with Crippen molar-refractivity contribution < 1.29 is 9.90 Å². The Morgan fingerprint density at radius 1 is 1.33 bits per heavy atom. The van der Waals surface area contributed by atoms with Crippen molar-refractivity contribution in [3.63, 3.8) is 0 Å². The van der Waals surface area contributed by atoms with Gasteiger partial charge in [0, 0.05) is 12.0 Å². The number of carboxylic acids is 1. The maximum absolute atomic E-state index is 11.2. The number of hydrogen-bond donors (Lipinski definition) is 1. The molecule has 2 nitrogen and oxygen atoms in total. The van der Waals surface area contributed by atoms with Crippen molar-refractivity contribution in [3.05, 3.63) is 52.6 Å². The minimum absolute atomic E-state index is 0.485. The number of carboxylic acid groups (broad SMARTS) is 1. The molecule has 2 heteroatoms. The fraction of sp³-hybridized carbons (Fsp3) is 0.312. The molecule has 0 amide bonds. The van der Waals surface area contributed by atoms with E-state index in [1.807, 2.05) is 24.3 Å². The van der Waals surface area contributed by atoms with Gasteiger partial charge >= 0.3 is 5.97 Å². The van der Waals surface area contributed by atoms with Crippen LogP contribution in [0.25, 0.3) is 5.57 Å². The molecule has 0 saturated carbocycles. The molecular weight excluding hydrogens is 224 g/mol. The van der Waals surface area contributed by atoms with Gasteiger partial charge in [-0.15, -0.1) is 0 Å².